The van der Waals surface area contributed by atoms with Crippen LogP contribution in [0.5, 0.6) is 11.5 Å². The van der Waals surface area contributed by atoms with Crippen LogP contribution in [0.2, 0.25) is 0 Å². The van der Waals surface area contributed by atoms with Gasteiger partial charge in [0.1, 0.15) is 11.5 Å². The monoisotopic (exact) mass is 408 g/mol. The largest absolute Gasteiger partial charge is 0.573 e. The van der Waals surface area contributed by atoms with Crippen molar-refractivity contribution in [3.8, 4) is 11.5 Å². The second-order valence-electron chi connectivity index (χ2n) is 6.35. The first kappa shape index (κ1) is 20.5. The van der Waals surface area contributed by atoms with Crippen molar-refractivity contribution in [2.24, 2.45) is 0 Å². The van der Waals surface area contributed by atoms with E-state index in [0.29, 0.717) is 18.0 Å². The Morgan fingerprint density at radius 2 is 1.86 bits per heavy atom. The van der Waals surface area contributed by atoms with Crippen molar-refractivity contribution in [1.29, 1.82) is 0 Å². The Morgan fingerprint density at radius 1 is 1.17 bits per heavy atom. The van der Waals surface area contributed by atoms with Gasteiger partial charge in [-0.3, -0.25) is 9.59 Å². The molecule has 0 spiro atoms. The fourth-order valence-electron chi connectivity index (χ4n) is 2.88. The number of anilines is 1. The van der Waals surface area contributed by atoms with Gasteiger partial charge in [-0.05, 0) is 42.8 Å². The maximum atomic E-state index is 13.0. The molecule has 154 valence electrons. The van der Waals surface area contributed by atoms with Gasteiger partial charge in [-0.15, -0.1) is 13.2 Å². The van der Waals surface area contributed by atoms with Gasteiger partial charge >= 0.3 is 6.36 Å². The van der Waals surface area contributed by atoms with Crippen LogP contribution in [0, 0.1) is 0 Å². The molecular formula is C20H19F3N2O4. The molecule has 3 rings (SSSR count). The van der Waals surface area contributed by atoms with Crippen molar-refractivity contribution in [2.75, 3.05) is 18.0 Å². The summed E-state index contributed by atoms with van der Waals surface area (Å²) in [6.07, 6.45) is -4.95. The second kappa shape index (κ2) is 8.42. The Kier molecular flexibility index (Phi) is 5.95. The van der Waals surface area contributed by atoms with E-state index < -0.39 is 24.1 Å². The van der Waals surface area contributed by atoms with Crippen molar-refractivity contribution in [1.82, 2.24) is 5.32 Å². The van der Waals surface area contributed by atoms with E-state index in [0.717, 1.165) is 18.6 Å². The average molecular weight is 408 g/mol. The van der Waals surface area contributed by atoms with Crippen LogP contribution < -0.4 is 19.7 Å². The lowest BCUT2D eigenvalue weighted by Gasteiger charge is -2.34. The molecule has 6 nitrogen and oxygen atoms in total. The Balaban J connectivity index is 1.83. The molecule has 9 heteroatoms. The number of nitrogens with zero attached hydrogens (tertiary/aromatic N) is 1. The number of alkyl halides is 3. The molecule has 1 atom stereocenters. The summed E-state index contributed by atoms with van der Waals surface area (Å²) >= 11 is 0. The van der Waals surface area contributed by atoms with Crippen LogP contribution in [0.3, 0.4) is 0 Å². The van der Waals surface area contributed by atoms with Gasteiger partial charge in [-0.1, -0.05) is 19.1 Å². The highest BCUT2D eigenvalue weighted by Gasteiger charge is 2.34. The summed E-state index contributed by atoms with van der Waals surface area (Å²) in [6, 6.07) is 11.4. The van der Waals surface area contributed by atoms with Gasteiger partial charge in [0.2, 0.25) is 0 Å². The predicted octanol–water partition coefficient (Wildman–Crippen LogP) is 3.52. The summed E-state index contributed by atoms with van der Waals surface area (Å²) in [5, 5.41) is 2.74. The minimum absolute atomic E-state index is 0.0216. The maximum absolute atomic E-state index is 13.0. The molecule has 0 saturated carbocycles. The zero-order valence-corrected chi connectivity index (χ0v) is 15.5. The van der Waals surface area contributed by atoms with Crippen molar-refractivity contribution < 1.29 is 32.2 Å². The lowest BCUT2D eigenvalue weighted by Crippen LogP contribution is -2.50. The third-order valence-corrected chi connectivity index (χ3v) is 4.20. The molecule has 0 aromatic heterocycles. The van der Waals surface area contributed by atoms with Gasteiger partial charge in [0.25, 0.3) is 11.8 Å². The van der Waals surface area contributed by atoms with Gasteiger partial charge < -0.3 is 19.7 Å². The SMILES string of the molecule is CCCNC(=O)[C@@H]1CN(C(=O)c2ccc(OC(F)(F)F)cc2)c2ccccc2O1. The van der Waals surface area contributed by atoms with E-state index in [1.807, 2.05) is 6.92 Å². The zero-order valence-electron chi connectivity index (χ0n) is 15.5. The molecule has 0 unspecified atom stereocenters. The van der Waals surface area contributed by atoms with E-state index in [1.165, 1.54) is 17.0 Å². The van der Waals surface area contributed by atoms with E-state index in [4.69, 9.17) is 4.74 Å². The minimum Gasteiger partial charge on any atom is -0.477 e. The van der Waals surface area contributed by atoms with Gasteiger partial charge in [0.15, 0.2) is 6.10 Å². The van der Waals surface area contributed by atoms with Crippen molar-refractivity contribution in [3.63, 3.8) is 0 Å². The Morgan fingerprint density at radius 3 is 2.52 bits per heavy atom. The first-order valence-electron chi connectivity index (χ1n) is 8.99. The van der Waals surface area contributed by atoms with Crippen LogP contribution in [-0.4, -0.2) is 37.4 Å². The number of para-hydroxylation sites is 2. The highest BCUT2D eigenvalue weighted by molar-refractivity contribution is 6.08. The van der Waals surface area contributed by atoms with Crippen molar-refractivity contribution in [3.05, 3.63) is 54.1 Å². The van der Waals surface area contributed by atoms with Crippen LogP contribution in [-0.2, 0) is 4.79 Å². The van der Waals surface area contributed by atoms with Crippen LogP contribution in [0.1, 0.15) is 23.7 Å². The van der Waals surface area contributed by atoms with E-state index in [2.05, 4.69) is 10.1 Å². The molecule has 2 aromatic carbocycles. The average Bonchev–Trinajstić information content (AvgIpc) is 2.70. The van der Waals surface area contributed by atoms with Crippen molar-refractivity contribution in [2.45, 2.75) is 25.8 Å². The van der Waals surface area contributed by atoms with Gasteiger partial charge in [0.05, 0.1) is 12.2 Å². The summed E-state index contributed by atoms with van der Waals surface area (Å²) in [7, 11) is 0. The van der Waals surface area contributed by atoms with Crippen LogP contribution in [0.4, 0.5) is 18.9 Å². The molecular weight excluding hydrogens is 389 g/mol. The van der Waals surface area contributed by atoms with E-state index in [-0.39, 0.29) is 18.0 Å². The van der Waals surface area contributed by atoms with Gasteiger partial charge in [-0.2, -0.15) is 0 Å². The molecule has 0 bridgehead atoms. The first-order chi connectivity index (χ1) is 13.8. The summed E-state index contributed by atoms with van der Waals surface area (Å²) in [5.41, 5.74) is 0.636. The number of amides is 2. The molecule has 2 aromatic rings. The van der Waals surface area contributed by atoms with E-state index in [9.17, 15) is 22.8 Å². The quantitative estimate of drug-likeness (QED) is 0.822. The normalized spacial score (nSPS) is 15.9. The third-order valence-electron chi connectivity index (χ3n) is 4.20. The van der Waals surface area contributed by atoms with Gasteiger partial charge in [0, 0.05) is 12.1 Å². The Labute approximate surface area is 165 Å². The lowest BCUT2D eigenvalue weighted by atomic mass is 10.1. The summed E-state index contributed by atoms with van der Waals surface area (Å²) < 4.78 is 46.5. The van der Waals surface area contributed by atoms with Gasteiger partial charge in [-0.25, -0.2) is 0 Å². The minimum atomic E-state index is -4.81. The summed E-state index contributed by atoms with van der Waals surface area (Å²) in [4.78, 5) is 26.8. The summed E-state index contributed by atoms with van der Waals surface area (Å²) in [6.45, 7) is 2.38. The molecule has 0 aliphatic carbocycles. The fourth-order valence-corrected chi connectivity index (χ4v) is 2.88. The second-order valence-corrected chi connectivity index (χ2v) is 6.35. The standard InChI is InChI=1S/C20H19F3N2O4/c1-2-11-24-18(26)17-12-25(15-5-3-4-6-16(15)28-17)19(27)13-7-9-14(10-8-13)29-20(21,22)23/h3-10,17H,2,11-12H2,1H3,(H,24,26)/t17-/m0/s1. The summed E-state index contributed by atoms with van der Waals surface area (Å²) in [5.74, 6) is -0.852. The molecule has 1 heterocycles. The number of fused-ring (bicyclic) bond motifs is 1. The number of carbonyl (C=O) groups excluding carboxylic acids is 2. The topological polar surface area (TPSA) is 67.9 Å². The fraction of sp³-hybridized carbons (Fsp3) is 0.300. The van der Waals surface area contributed by atoms with Crippen molar-refractivity contribution >= 4 is 17.5 Å². The Hall–Kier alpha value is -3.23. The number of ether oxygens (including phenoxy) is 2. The predicted molar refractivity (Wildman–Crippen MR) is 99.0 cm³/mol. The maximum Gasteiger partial charge on any atom is 0.573 e. The highest BCUT2D eigenvalue weighted by Crippen LogP contribution is 2.34. The van der Waals surface area contributed by atoms with Crippen LogP contribution in [0.15, 0.2) is 48.5 Å². The number of nitrogens with one attached hydrogen (secondary N) is 1. The number of halogens is 3. The molecule has 0 saturated heterocycles. The number of benzene rings is 2. The first-order valence-corrected chi connectivity index (χ1v) is 8.99. The molecule has 1 aliphatic heterocycles. The number of rotatable bonds is 5. The highest BCUT2D eigenvalue weighted by atomic mass is 19.4. The van der Waals surface area contributed by atoms with E-state index >= 15 is 0 Å². The zero-order chi connectivity index (χ0) is 21.0. The smallest absolute Gasteiger partial charge is 0.477 e. The van der Waals surface area contributed by atoms with E-state index in [1.54, 1.807) is 24.3 Å². The molecule has 0 fully saturated rings. The Bertz CT molecular complexity index is 884. The molecule has 1 aliphatic rings. The number of hydrogen-bond donors (Lipinski definition) is 1. The van der Waals surface area contributed by atoms with Crippen LogP contribution in [0.25, 0.3) is 0 Å². The molecule has 1 N–H and O–H groups in total. The molecule has 29 heavy (non-hydrogen) atoms. The number of carbonyl (C=O) groups is 2. The van der Waals surface area contributed by atoms with Crippen LogP contribution >= 0.6 is 0 Å². The number of hydrogen-bond acceptors (Lipinski definition) is 4. The molecule has 2 amide bonds. The molecule has 0 radical (unpaired) electrons. The third kappa shape index (κ3) is 4.98. The lowest BCUT2D eigenvalue weighted by molar-refractivity contribution is -0.274.